The molecule has 0 fully saturated rings. The summed E-state index contributed by atoms with van der Waals surface area (Å²) >= 11 is 0. The number of aliphatic hydroxyl groups is 1. The maximum atomic E-state index is 12.3. The summed E-state index contributed by atoms with van der Waals surface area (Å²) in [6, 6.07) is -0.913. The number of aliphatic carboxylic acids is 1. The third-order valence-electron chi connectivity index (χ3n) is 2.35. The monoisotopic (exact) mass is 307 g/mol. The van der Waals surface area contributed by atoms with Gasteiger partial charge in [-0.3, -0.25) is 0 Å². The molecule has 0 aliphatic carbocycles. The molecule has 10 heteroatoms. The van der Waals surface area contributed by atoms with Gasteiger partial charge in [-0.15, -0.1) is 0 Å². The molecule has 1 heterocycles. The molecule has 0 unspecified atom stereocenters. The van der Waals surface area contributed by atoms with Gasteiger partial charge < -0.3 is 20.8 Å². The first-order chi connectivity index (χ1) is 9.61. The van der Waals surface area contributed by atoms with Crippen molar-refractivity contribution in [1.29, 1.82) is 0 Å². The average Bonchev–Trinajstić information content (AvgIpc) is 2.34. The minimum Gasteiger partial charge on any atom is -0.480 e. The van der Waals surface area contributed by atoms with Crippen molar-refractivity contribution >= 4 is 17.7 Å². The summed E-state index contributed by atoms with van der Waals surface area (Å²) in [6.07, 6.45) is -5.17. The molecule has 0 saturated heterocycles. The summed E-state index contributed by atoms with van der Waals surface area (Å²) in [5.74, 6) is -1.45. The van der Waals surface area contributed by atoms with Crippen LogP contribution in [0.2, 0.25) is 0 Å². The van der Waals surface area contributed by atoms with Crippen LogP contribution >= 0.6 is 0 Å². The number of alkyl halides is 3. The summed E-state index contributed by atoms with van der Waals surface area (Å²) in [5.41, 5.74) is -1.18. The predicted octanol–water partition coefficient (Wildman–Crippen LogP) is 1.06. The third-order valence-corrected chi connectivity index (χ3v) is 2.35. The Balaban J connectivity index is 2.69. The summed E-state index contributed by atoms with van der Waals surface area (Å²) in [6.45, 7) is 1.17. The molecule has 0 aromatic carbocycles. The van der Waals surface area contributed by atoms with Gasteiger partial charge in [0.1, 0.15) is 5.69 Å². The fourth-order valence-corrected chi connectivity index (χ4v) is 1.33. The molecule has 4 N–H and O–H groups in total. The van der Waals surface area contributed by atoms with Gasteiger partial charge in [0.2, 0.25) is 0 Å². The second-order valence-corrected chi connectivity index (χ2v) is 4.08. The van der Waals surface area contributed by atoms with Crippen molar-refractivity contribution in [2.75, 3.05) is 5.32 Å². The minimum absolute atomic E-state index is 0.0600. The maximum absolute atomic E-state index is 12.3. The lowest BCUT2D eigenvalue weighted by atomic mass is 10.2. The third kappa shape index (κ3) is 4.91. The van der Waals surface area contributed by atoms with Gasteiger partial charge in [0, 0.05) is 0 Å². The Bertz CT molecular complexity index is 516. The highest BCUT2D eigenvalue weighted by Crippen LogP contribution is 2.27. The second kappa shape index (κ2) is 6.39. The Morgan fingerprint density at radius 3 is 2.33 bits per heavy atom. The van der Waals surface area contributed by atoms with Crippen LogP contribution in [0.15, 0.2) is 18.3 Å². The van der Waals surface area contributed by atoms with Gasteiger partial charge >= 0.3 is 18.2 Å². The number of carboxylic acid groups (broad SMARTS) is 1. The molecule has 116 valence electrons. The van der Waals surface area contributed by atoms with Crippen LogP contribution < -0.4 is 10.6 Å². The van der Waals surface area contributed by atoms with E-state index in [2.05, 4.69) is 10.3 Å². The van der Waals surface area contributed by atoms with Crippen LogP contribution in [0.1, 0.15) is 12.6 Å². The molecule has 2 amide bonds. The number of nitrogens with one attached hydrogen (secondary N) is 2. The number of aromatic nitrogens is 1. The van der Waals surface area contributed by atoms with Crippen molar-refractivity contribution < 1.29 is 33.0 Å². The smallest absolute Gasteiger partial charge is 0.433 e. The normalized spacial score (nSPS) is 14.1. The van der Waals surface area contributed by atoms with Crippen molar-refractivity contribution in [2.45, 2.75) is 25.2 Å². The number of nitrogens with zero attached hydrogens (tertiary/aromatic N) is 1. The molecule has 1 aromatic heterocycles. The summed E-state index contributed by atoms with van der Waals surface area (Å²) < 4.78 is 36.8. The zero-order valence-electron chi connectivity index (χ0n) is 10.7. The van der Waals surface area contributed by atoms with Gasteiger partial charge in [0.25, 0.3) is 0 Å². The highest BCUT2D eigenvalue weighted by molar-refractivity contribution is 5.92. The molecule has 0 radical (unpaired) electrons. The number of rotatable bonds is 4. The van der Waals surface area contributed by atoms with Crippen molar-refractivity contribution in [2.24, 2.45) is 0 Å². The molecule has 2 atom stereocenters. The molecular formula is C11H12F3N3O4. The molecule has 0 bridgehead atoms. The van der Waals surface area contributed by atoms with Crippen LogP contribution in [-0.4, -0.2) is 39.3 Å². The minimum atomic E-state index is -4.60. The quantitative estimate of drug-likeness (QED) is 0.664. The average molecular weight is 307 g/mol. The first kappa shape index (κ1) is 16.7. The number of halogens is 3. The number of pyridine rings is 1. The van der Waals surface area contributed by atoms with E-state index in [9.17, 15) is 22.8 Å². The van der Waals surface area contributed by atoms with Crippen molar-refractivity contribution in [3.05, 3.63) is 24.0 Å². The van der Waals surface area contributed by atoms with Gasteiger partial charge in [-0.2, -0.15) is 13.2 Å². The molecule has 0 saturated carbocycles. The van der Waals surface area contributed by atoms with Gasteiger partial charge in [-0.05, 0) is 19.1 Å². The topological polar surface area (TPSA) is 112 Å². The fraction of sp³-hybridized carbons (Fsp3) is 0.364. The van der Waals surface area contributed by atoms with Crippen LogP contribution in [0, 0.1) is 0 Å². The molecule has 0 spiro atoms. The van der Waals surface area contributed by atoms with Crippen LogP contribution in [0.4, 0.5) is 23.7 Å². The van der Waals surface area contributed by atoms with E-state index in [4.69, 9.17) is 10.2 Å². The zero-order valence-corrected chi connectivity index (χ0v) is 10.7. The molecule has 0 aliphatic heterocycles. The van der Waals surface area contributed by atoms with Crippen LogP contribution in [-0.2, 0) is 11.0 Å². The Labute approximate surface area is 116 Å². The molecular weight excluding hydrogens is 295 g/mol. The SMILES string of the molecule is C[C@@H](O)[C@H](NC(=O)Nc1ccc(C(F)(F)F)nc1)C(=O)O. The van der Waals surface area contributed by atoms with E-state index in [0.29, 0.717) is 6.07 Å². The molecule has 7 nitrogen and oxygen atoms in total. The number of carbonyl (C=O) groups excluding carboxylic acids is 1. The summed E-state index contributed by atoms with van der Waals surface area (Å²) in [7, 11) is 0. The Morgan fingerprint density at radius 1 is 1.33 bits per heavy atom. The number of aliphatic hydroxyl groups excluding tert-OH is 1. The number of hydrogen-bond donors (Lipinski definition) is 4. The molecule has 0 aliphatic rings. The lowest BCUT2D eigenvalue weighted by Crippen LogP contribution is -2.49. The van der Waals surface area contributed by atoms with Crippen molar-refractivity contribution in [3.63, 3.8) is 0 Å². The van der Waals surface area contributed by atoms with Crippen LogP contribution in [0.5, 0.6) is 0 Å². The lowest BCUT2D eigenvalue weighted by Gasteiger charge is -2.17. The van der Waals surface area contributed by atoms with E-state index < -0.39 is 36.0 Å². The Hall–Kier alpha value is -2.36. The Kier molecular flexibility index (Phi) is 5.08. The summed E-state index contributed by atoms with van der Waals surface area (Å²) in [5, 5.41) is 22.0. The van der Waals surface area contributed by atoms with E-state index in [1.165, 1.54) is 6.92 Å². The number of carbonyl (C=O) groups is 2. The first-order valence-corrected chi connectivity index (χ1v) is 5.63. The van der Waals surface area contributed by atoms with Crippen LogP contribution in [0.3, 0.4) is 0 Å². The van der Waals surface area contributed by atoms with Crippen molar-refractivity contribution in [3.8, 4) is 0 Å². The fourth-order valence-electron chi connectivity index (χ4n) is 1.33. The maximum Gasteiger partial charge on any atom is 0.433 e. The molecule has 21 heavy (non-hydrogen) atoms. The van der Waals surface area contributed by atoms with Gasteiger partial charge in [-0.25, -0.2) is 14.6 Å². The van der Waals surface area contributed by atoms with Gasteiger partial charge in [-0.1, -0.05) is 0 Å². The second-order valence-electron chi connectivity index (χ2n) is 4.08. The Morgan fingerprint density at radius 2 is 1.95 bits per heavy atom. The highest BCUT2D eigenvalue weighted by Gasteiger charge is 2.32. The molecule has 1 rings (SSSR count). The standard InChI is InChI=1S/C11H12F3N3O4/c1-5(18)8(9(19)20)17-10(21)16-6-2-3-7(15-4-6)11(12,13)14/h2-5,8,18H,1H3,(H,19,20)(H2,16,17,21)/t5-,8+/m1/s1. The first-order valence-electron chi connectivity index (χ1n) is 5.63. The van der Waals surface area contributed by atoms with Gasteiger partial charge in [0.15, 0.2) is 6.04 Å². The lowest BCUT2D eigenvalue weighted by molar-refractivity contribution is -0.142. The van der Waals surface area contributed by atoms with E-state index in [0.717, 1.165) is 12.3 Å². The van der Waals surface area contributed by atoms with E-state index in [-0.39, 0.29) is 5.69 Å². The largest absolute Gasteiger partial charge is 0.480 e. The van der Waals surface area contributed by atoms with E-state index in [1.54, 1.807) is 0 Å². The number of hydrogen-bond acceptors (Lipinski definition) is 4. The number of anilines is 1. The van der Waals surface area contributed by atoms with Gasteiger partial charge in [0.05, 0.1) is 18.0 Å². The predicted molar refractivity (Wildman–Crippen MR) is 64.5 cm³/mol. The number of carboxylic acids is 1. The highest BCUT2D eigenvalue weighted by atomic mass is 19.4. The van der Waals surface area contributed by atoms with E-state index >= 15 is 0 Å². The van der Waals surface area contributed by atoms with Crippen LogP contribution in [0.25, 0.3) is 0 Å². The summed E-state index contributed by atoms with van der Waals surface area (Å²) in [4.78, 5) is 25.3. The molecule has 1 aromatic rings. The zero-order chi connectivity index (χ0) is 16.2. The van der Waals surface area contributed by atoms with Crippen molar-refractivity contribution in [1.82, 2.24) is 10.3 Å². The number of urea groups is 1. The number of amides is 2. The van der Waals surface area contributed by atoms with E-state index in [1.807, 2.05) is 5.32 Å².